The molecule has 0 aliphatic carbocycles. The van der Waals surface area contributed by atoms with Crippen molar-refractivity contribution in [3.63, 3.8) is 0 Å². The molecule has 3 fully saturated rings. The number of hydrogen-bond donors (Lipinski definition) is 1. The van der Waals surface area contributed by atoms with Gasteiger partial charge in [-0.25, -0.2) is 0 Å². The Morgan fingerprint density at radius 3 is 2.83 bits per heavy atom. The summed E-state index contributed by atoms with van der Waals surface area (Å²) in [6, 6.07) is 0.508. The van der Waals surface area contributed by atoms with E-state index in [1.54, 1.807) is 4.57 Å². The van der Waals surface area contributed by atoms with Gasteiger partial charge in [0.15, 0.2) is 0 Å². The number of carbonyl (C=O) groups is 2. The van der Waals surface area contributed by atoms with Crippen molar-refractivity contribution in [1.29, 1.82) is 0 Å². The van der Waals surface area contributed by atoms with Crippen LogP contribution in [0.2, 0.25) is 0 Å². The highest BCUT2D eigenvalue weighted by Crippen LogP contribution is 2.43. The van der Waals surface area contributed by atoms with Crippen LogP contribution >= 0.6 is 0 Å². The van der Waals surface area contributed by atoms with Gasteiger partial charge in [-0.3, -0.25) is 19.3 Å². The Hall–Kier alpha value is -2.78. The lowest BCUT2D eigenvalue weighted by atomic mass is 9.71. The second kappa shape index (κ2) is 7.23. The molecule has 10 heteroatoms. The molecule has 0 unspecified atom stereocenters. The van der Waals surface area contributed by atoms with Gasteiger partial charge in [-0.15, -0.1) is 15.3 Å². The fraction of sp³-hybridized carbons (Fsp3) is 0.684. The normalized spacial score (nSPS) is 29.1. The highest BCUT2D eigenvalue weighted by atomic mass is 16.2. The predicted molar refractivity (Wildman–Crippen MR) is 102 cm³/mol. The molecule has 2 bridgehead atoms. The predicted octanol–water partition coefficient (Wildman–Crippen LogP) is 1.03. The van der Waals surface area contributed by atoms with Crippen LogP contribution in [0.15, 0.2) is 12.7 Å². The van der Waals surface area contributed by atoms with Crippen LogP contribution in [0.5, 0.6) is 0 Å². The van der Waals surface area contributed by atoms with Crippen LogP contribution in [0.4, 0.5) is 0 Å². The molecule has 1 N–H and O–H groups in total. The summed E-state index contributed by atoms with van der Waals surface area (Å²) < 4.78 is 1.56. The van der Waals surface area contributed by atoms with Crippen LogP contribution in [0.3, 0.4) is 0 Å². The summed E-state index contributed by atoms with van der Waals surface area (Å²) in [4.78, 5) is 34.3. The molecule has 2 aromatic rings. The minimum Gasteiger partial charge on any atom is -0.336 e. The maximum absolute atomic E-state index is 13.2. The number of amides is 2. The van der Waals surface area contributed by atoms with Crippen molar-refractivity contribution in [2.24, 2.45) is 11.8 Å². The number of likely N-dealkylation sites (tertiary alicyclic amines) is 1. The van der Waals surface area contributed by atoms with E-state index in [9.17, 15) is 9.59 Å². The summed E-state index contributed by atoms with van der Waals surface area (Å²) >= 11 is 0. The Morgan fingerprint density at radius 1 is 1.24 bits per heavy atom. The van der Waals surface area contributed by atoms with E-state index in [-0.39, 0.29) is 23.8 Å². The zero-order valence-electron chi connectivity index (χ0n) is 16.6. The van der Waals surface area contributed by atoms with E-state index in [1.165, 1.54) is 12.7 Å². The number of aromatic amines is 1. The molecule has 0 spiro atoms. The van der Waals surface area contributed by atoms with E-state index in [0.717, 1.165) is 32.1 Å². The lowest BCUT2D eigenvalue weighted by Crippen LogP contribution is -2.65. The van der Waals surface area contributed by atoms with Crippen molar-refractivity contribution in [2.75, 3.05) is 13.1 Å². The third kappa shape index (κ3) is 3.10. The second-order valence-corrected chi connectivity index (χ2v) is 8.44. The molecular formula is C19H26N8O2. The maximum atomic E-state index is 13.2. The Balaban J connectivity index is 1.38. The standard InChI is InChI=1S/C19H26N8O2/c1-2-4-14-12-7-13(15-5-3-6-16(28)27(14)15)9-25(8-12)18(29)17-22-19(24-23-17)26-10-20-21-11-26/h10-15H,2-9H2,1H3,(H,22,23,24)/t12-,13+,14-,15-/m0/s1. The van der Waals surface area contributed by atoms with Crippen LogP contribution in [-0.4, -0.2) is 76.7 Å². The van der Waals surface area contributed by atoms with Gasteiger partial charge in [-0.05, 0) is 37.5 Å². The van der Waals surface area contributed by atoms with E-state index < -0.39 is 0 Å². The summed E-state index contributed by atoms with van der Waals surface area (Å²) in [6.45, 7) is 3.51. The molecule has 5 rings (SSSR count). The van der Waals surface area contributed by atoms with Gasteiger partial charge in [0.25, 0.3) is 11.9 Å². The van der Waals surface area contributed by atoms with E-state index >= 15 is 0 Å². The Bertz CT molecular complexity index is 894. The highest BCUT2D eigenvalue weighted by molar-refractivity contribution is 5.90. The first-order valence-electron chi connectivity index (χ1n) is 10.5. The number of rotatable bonds is 4. The van der Waals surface area contributed by atoms with Crippen LogP contribution in [0.1, 0.15) is 56.1 Å². The number of H-pyrrole nitrogens is 1. The molecule has 2 aromatic heterocycles. The average molecular weight is 398 g/mol. The summed E-state index contributed by atoms with van der Waals surface area (Å²) in [5, 5.41) is 14.4. The second-order valence-electron chi connectivity index (χ2n) is 8.44. The third-order valence-corrected chi connectivity index (χ3v) is 6.69. The summed E-state index contributed by atoms with van der Waals surface area (Å²) in [6.07, 6.45) is 8.81. The van der Waals surface area contributed by atoms with Crippen molar-refractivity contribution in [2.45, 2.75) is 57.5 Å². The number of carbonyl (C=O) groups excluding carboxylic acids is 2. The van der Waals surface area contributed by atoms with Crippen molar-refractivity contribution in [3.8, 4) is 5.95 Å². The number of hydrogen-bond acceptors (Lipinski definition) is 6. The van der Waals surface area contributed by atoms with Crippen molar-refractivity contribution in [1.82, 2.24) is 39.7 Å². The molecule has 4 atom stereocenters. The van der Waals surface area contributed by atoms with Gasteiger partial charge in [0.1, 0.15) is 12.7 Å². The first-order chi connectivity index (χ1) is 14.2. The molecule has 3 aliphatic heterocycles. The topological polar surface area (TPSA) is 113 Å². The SMILES string of the molecule is CCC[C@H]1[C@H]2C[C@H](CN(C(=O)c3nc(-n4cnnc4)n[nH]3)C2)[C@@H]2CCCC(=O)N21. The lowest BCUT2D eigenvalue weighted by molar-refractivity contribution is -0.152. The third-order valence-electron chi connectivity index (χ3n) is 6.69. The molecule has 0 aromatic carbocycles. The fourth-order valence-corrected chi connectivity index (χ4v) is 5.53. The zero-order chi connectivity index (χ0) is 20.0. The van der Waals surface area contributed by atoms with Gasteiger partial charge in [0, 0.05) is 31.6 Å². The largest absolute Gasteiger partial charge is 0.336 e. The average Bonchev–Trinajstić information content (AvgIpc) is 3.42. The summed E-state index contributed by atoms with van der Waals surface area (Å²) in [5.41, 5.74) is 0. The van der Waals surface area contributed by atoms with Gasteiger partial charge in [-0.2, -0.15) is 4.98 Å². The molecule has 0 radical (unpaired) electrons. The fourth-order valence-electron chi connectivity index (χ4n) is 5.53. The maximum Gasteiger partial charge on any atom is 0.291 e. The van der Waals surface area contributed by atoms with Crippen LogP contribution < -0.4 is 0 Å². The number of nitrogens with one attached hydrogen (secondary N) is 1. The molecule has 0 saturated carbocycles. The molecule has 154 valence electrons. The highest BCUT2D eigenvalue weighted by Gasteiger charge is 2.49. The smallest absolute Gasteiger partial charge is 0.291 e. The van der Waals surface area contributed by atoms with Gasteiger partial charge < -0.3 is 9.80 Å². The minimum atomic E-state index is -0.127. The monoisotopic (exact) mass is 398 g/mol. The van der Waals surface area contributed by atoms with Gasteiger partial charge in [0.2, 0.25) is 11.7 Å². The number of nitrogens with zero attached hydrogens (tertiary/aromatic N) is 7. The number of piperidine rings is 3. The van der Waals surface area contributed by atoms with Crippen LogP contribution in [-0.2, 0) is 4.79 Å². The van der Waals surface area contributed by atoms with E-state index in [4.69, 9.17) is 0 Å². The minimum absolute atomic E-state index is 0.127. The van der Waals surface area contributed by atoms with Gasteiger partial charge in [-0.1, -0.05) is 13.3 Å². The van der Waals surface area contributed by atoms with Crippen LogP contribution in [0.25, 0.3) is 5.95 Å². The Morgan fingerprint density at radius 2 is 2.03 bits per heavy atom. The van der Waals surface area contributed by atoms with Crippen molar-refractivity contribution >= 4 is 11.8 Å². The Kier molecular flexibility index (Phi) is 4.56. The van der Waals surface area contributed by atoms with Crippen molar-refractivity contribution in [3.05, 3.63) is 18.5 Å². The molecule has 5 heterocycles. The van der Waals surface area contributed by atoms with E-state index in [0.29, 0.717) is 43.2 Å². The van der Waals surface area contributed by atoms with Gasteiger partial charge >= 0.3 is 0 Å². The molecule has 2 amide bonds. The van der Waals surface area contributed by atoms with Crippen LogP contribution in [0, 0.1) is 11.8 Å². The zero-order valence-corrected chi connectivity index (χ0v) is 16.6. The Labute approximate surface area is 168 Å². The number of fused-ring (bicyclic) bond motifs is 4. The summed E-state index contributed by atoms with van der Waals surface area (Å²) in [5.74, 6) is 1.44. The molecule has 3 aliphatic rings. The molecule has 29 heavy (non-hydrogen) atoms. The molecular weight excluding hydrogens is 372 g/mol. The first kappa shape index (κ1) is 18.3. The first-order valence-corrected chi connectivity index (χ1v) is 10.5. The number of aromatic nitrogens is 6. The lowest BCUT2D eigenvalue weighted by Gasteiger charge is -2.56. The summed E-state index contributed by atoms with van der Waals surface area (Å²) in [7, 11) is 0. The van der Waals surface area contributed by atoms with Gasteiger partial charge in [0.05, 0.1) is 0 Å². The van der Waals surface area contributed by atoms with E-state index in [1.807, 2.05) is 4.90 Å². The molecule has 3 saturated heterocycles. The molecule has 10 nitrogen and oxygen atoms in total. The van der Waals surface area contributed by atoms with E-state index in [2.05, 4.69) is 37.2 Å². The van der Waals surface area contributed by atoms with Crippen molar-refractivity contribution < 1.29 is 9.59 Å². The quantitative estimate of drug-likeness (QED) is 0.823.